The third-order valence-electron chi connectivity index (χ3n) is 3.69. The molecule has 0 saturated heterocycles. The first-order chi connectivity index (χ1) is 12.8. The van der Waals surface area contributed by atoms with Crippen molar-refractivity contribution in [3.8, 4) is 5.75 Å². The Morgan fingerprint density at radius 1 is 1.11 bits per heavy atom. The molecule has 0 atom stereocenters. The van der Waals surface area contributed by atoms with E-state index in [0.717, 1.165) is 16.8 Å². The zero-order valence-electron chi connectivity index (χ0n) is 14.8. The van der Waals surface area contributed by atoms with Gasteiger partial charge in [0.15, 0.2) is 0 Å². The molecule has 0 heterocycles. The number of aryl methyl sites for hydroxylation is 2. The molecule has 0 bridgehead atoms. The molecule has 2 amide bonds. The van der Waals surface area contributed by atoms with Gasteiger partial charge in [0.1, 0.15) is 5.75 Å². The van der Waals surface area contributed by atoms with Crippen LogP contribution in [0.4, 0.5) is 5.69 Å². The van der Waals surface area contributed by atoms with Crippen molar-refractivity contribution in [2.24, 2.45) is 5.10 Å². The molecule has 6 nitrogen and oxygen atoms in total. The molecule has 0 radical (unpaired) electrons. The molecule has 0 spiro atoms. The second-order valence-electron chi connectivity index (χ2n) is 5.99. The predicted molar refractivity (Wildman–Crippen MR) is 108 cm³/mol. The van der Waals surface area contributed by atoms with Gasteiger partial charge in [0.25, 0.3) is 0 Å². The number of hydrazone groups is 1. The average molecular weight is 408 g/mol. The van der Waals surface area contributed by atoms with Crippen molar-refractivity contribution in [2.75, 3.05) is 5.32 Å². The number of phenolic OH excluding ortho intramolecular Hbond substituents is 1. The van der Waals surface area contributed by atoms with Crippen LogP contribution in [-0.2, 0) is 9.59 Å². The fourth-order valence-corrected chi connectivity index (χ4v) is 2.82. The Balaban J connectivity index is 1.83. The van der Waals surface area contributed by atoms with Gasteiger partial charge in [0, 0.05) is 29.1 Å². The summed E-state index contributed by atoms with van der Waals surface area (Å²) in [5.74, 6) is -0.887. The highest BCUT2D eigenvalue weighted by atomic mass is 35.5. The fraction of sp³-hybridized carbons (Fsp3) is 0.211. The summed E-state index contributed by atoms with van der Waals surface area (Å²) in [5.41, 5.74) is 5.33. The van der Waals surface area contributed by atoms with E-state index in [1.165, 1.54) is 18.3 Å². The number of carbonyl (C=O) groups excluding carboxylic acids is 2. The third-order valence-corrected chi connectivity index (χ3v) is 4.19. The Morgan fingerprint density at radius 3 is 2.52 bits per heavy atom. The molecule has 0 aliphatic heterocycles. The van der Waals surface area contributed by atoms with Crippen molar-refractivity contribution >= 4 is 46.9 Å². The number of hydrogen-bond donors (Lipinski definition) is 3. The lowest BCUT2D eigenvalue weighted by molar-refractivity contribution is -0.124. The molecule has 2 aromatic carbocycles. The van der Waals surface area contributed by atoms with Crippen molar-refractivity contribution in [3.63, 3.8) is 0 Å². The minimum atomic E-state index is -0.436. The van der Waals surface area contributed by atoms with Gasteiger partial charge in [-0.2, -0.15) is 5.10 Å². The van der Waals surface area contributed by atoms with Crippen LogP contribution in [0.1, 0.15) is 29.5 Å². The molecule has 0 aliphatic rings. The molecule has 0 fully saturated rings. The average Bonchev–Trinajstić information content (AvgIpc) is 2.59. The number of halogens is 2. The Hall–Kier alpha value is -2.57. The fourth-order valence-electron chi connectivity index (χ4n) is 2.31. The SMILES string of the molecule is Cc1ccc(NC(=O)CCC(=O)N/N=C/c2cc(Cl)cc(Cl)c2O)c(C)c1. The van der Waals surface area contributed by atoms with Crippen molar-refractivity contribution in [3.05, 3.63) is 57.1 Å². The minimum Gasteiger partial charge on any atom is -0.506 e. The summed E-state index contributed by atoms with van der Waals surface area (Å²) in [4.78, 5) is 23.8. The minimum absolute atomic E-state index is 0.0168. The summed E-state index contributed by atoms with van der Waals surface area (Å²) >= 11 is 11.6. The van der Waals surface area contributed by atoms with E-state index in [1.807, 2.05) is 32.0 Å². The molecule has 142 valence electrons. The smallest absolute Gasteiger partial charge is 0.240 e. The summed E-state index contributed by atoms with van der Waals surface area (Å²) in [6.45, 7) is 3.88. The van der Waals surface area contributed by atoms with E-state index in [-0.39, 0.29) is 35.1 Å². The summed E-state index contributed by atoms with van der Waals surface area (Å²) in [6, 6.07) is 8.55. The molecule has 27 heavy (non-hydrogen) atoms. The van der Waals surface area contributed by atoms with Crippen LogP contribution in [0.2, 0.25) is 10.0 Å². The Kier molecular flexibility index (Phi) is 7.21. The number of hydrogen-bond acceptors (Lipinski definition) is 4. The highest BCUT2D eigenvalue weighted by Crippen LogP contribution is 2.29. The van der Waals surface area contributed by atoms with Gasteiger partial charge in [-0.25, -0.2) is 5.43 Å². The number of aromatic hydroxyl groups is 1. The van der Waals surface area contributed by atoms with E-state index in [4.69, 9.17) is 23.2 Å². The molecule has 0 aromatic heterocycles. The van der Waals surface area contributed by atoms with Gasteiger partial charge in [0.05, 0.1) is 11.2 Å². The van der Waals surface area contributed by atoms with Crippen LogP contribution in [0.15, 0.2) is 35.4 Å². The predicted octanol–water partition coefficient (Wildman–Crippen LogP) is 4.18. The number of phenols is 1. The molecular weight excluding hydrogens is 389 g/mol. The quantitative estimate of drug-likeness (QED) is 0.495. The number of benzene rings is 2. The number of carbonyl (C=O) groups is 2. The third kappa shape index (κ3) is 6.27. The first kappa shape index (κ1) is 20.7. The summed E-state index contributed by atoms with van der Waals surface area (Å²) in [7, 11) is 0. The Morgan fingerprint density at radius 2 is 1.81 bits per heavy atom. The van der Waals surface area contributed by atoms with Gasteiger partial charge in [0.2, 0.25) is 11.8 Å². The second-order valence-corrected chi connectivity index (χ2v) is 6.83. The summed E-state index contributed by atoms with van der Waals surface area (Å²) in [6.07, 6.45) is 1.21. The second kappa shape index (κ2) is 9.39. The first-order valence-corrected chi connectivity index (χ1v) is 8.89. The van der Waals surface area contributed by atoms with Crippen LogP contribution < -0.4 is 10.7 Å². The zero-order valence-corrected chi connectivity index (χ0v) is 16.4. The Bertz CT molecular complexity index is 898. The number of nitrogens with zero attached hydrogens (tertiary/aromatic N) is 1. The monoisotopic (exact) mass is 407 g/mol. The Labute approximate surface area is 167 Å². The topological polar surface area (TPSA) is 90.8 Å². The zero-order chi connectivity index (χ0) is 20.0. The molecule has 0 unspecified atom stereocenters. The summed E-state index contributed by atoms with van der Waals surface area (Å²) < 4.78 is 0. The van der Waals surface area contributed by atoms with E-state index in [9.17, 15) is 14.7 Å². The standard InChI is InChI=1S/C19H19Cl2N3O3/c1-11-3-4-16(12(2)7-11)23-17(25)5-6-18(26)24-22-10-13-8-14(20)9-15(21)19(13)27/h3-4,7-10,27H,5-6H2,1-2H3,(H,23,25)(H,24,26)/b22-10+. The molecule has 3 N–H and O–H groups in total. The van der Waals surface area contributed by atoms with Crippen molar-refractivity contribution < 1.29 is 14.7 Å². The van der Waals surface area contributed by atoms with Crippen LogP contribution >= 0.6 is 23.2 Å². The van der Waals surface area contributed by atoms with E-state index in [0.29, 0.717) is 5.02 Å². The van der Waals surface area contributed by atoms with Gasteiger partial charge >= 0.3 is 0 Å². The molecule has 8 heteroatoms. The molecule has 0 aliphatic carbocycles. The highest BCUT2D eigenvalue weighted by molar-refractivity contribution is 6.36. The molecule has 0 saturated carbocycles. The molecule has 2 rings (SSSR count). The first-order valence-electron chi connectivity index (χ1n) is 8.13. The van der Waals surface area contributed by atoms with Gasteiger partial charge in [-0.3, -0.25) is 9.59 Å². The largest absolute Gasteiger partial charge is 0.506 e. The van der Waals surface area contributed by atoms with Crippen LogP contribution in [-0.4, -0.2) is 23.1 Å². The molecular formula is C19H19Cl2N3O3. The van der Waals surface area contributed by atoms with E-state index >= 15 is 0 Å². The maximum absolute atomic E-state index is 12.0. The van der Waals surface area contributed by atoms with Crippen LogP contribution in [0.25, 0.3) is 0 Å². The maximum Gasteiger partial charge on any atom is 0.240 e. The molecule has 2 aromatic rings. The van der Waals surface area contributed by atoms with E-state index < -0.39 is 5.91 Å². The number of rotatable bonds is 6. The highest BCUT2D eigenvalue weighted by Gasteiger charge is 2.09. The van der Waals surface area contributed by atoms with Gasteiger partial charge in [-0.05, 0) is 37.6 Å². The lowest BCUT2D eigenvalue weighted by atomic mass is 10.1. The van der Waals surface area contributed by atoms with Gasteiger partial charge in [-0.15, -0.1) is 0 Å². The van der Waals surface area contributed by atoms with E-state index in [2.05, 4.69) is 15.8 Å². The normalized spacial score (nSPS) is 10.8. The summed E-state index contributed by atoms with van der Waals surface area (Å²) in [5, 5.41) is 16.7. The van der Waals surface area contributed by atoms with Crippen molar-refractivity contribution in [1.82, 2.24) is 5.43 Å². The van der Waals surface area contributed by atoms with Gasteiger partial charge in [-0.1, -0.05) is 40.9 Å². The van der Waals surface area contributed by atoms with Crippen LogP contribution in [0, 0.1) is 13.8 Å². The number of amides is 2. The van der Waals surface area contributed by atoms with Crippen LogP contribution in [0.3, 0.4) is 0 Å². The lowest BCUT2D eigenvalue weighted by Crippen LogP contribution is -2.20. The van der Waals surface area contributed by atoms with Gasteiger partial charge < -0.3 is 10.4 Å². The number of nitrogens with one attached hydrogen (secondary N) is 2. The lowest BCUT2D eigenvalue weighted by Gasteiger charge is -2.08. The van der Waals surface area contributed by atoms with Crippen LogP contribution in [0.5, 0.6) is 5.75 Å². The van der Waals surface area contributed by atoms with Crippen molar-refractivity contribution in [1.29, 1.82) is 0 Å². The number of anilines is 1. The maximum atomic E-state index is 12.0. The van der Waals surface area contributed by atoms with E-state index in [1.54, 1.807) is 0 Å². The van der Waals surface area contributed by atoms with Crippen molar-refractivity contribution in [2.45, 2.75) is 26.7 Å².